The summed E-state index contributed by atoms with van der Waals surface area (Å²) in [6, 6.07) is 8.34. The van der Waals surface area contributed by atoms with Gasteiger partial charge in [0.1, 0.15) is 0 Å². The third-order valence-electron chi connectivity index (χ3n) is 4.45. The summed E-state index contributed by atoms with van der Waals surface area (Å²) in [5, 5.41) is 3.03. The Bertz CT molecular complexity index is 421. The molecule has 21 heavy (non-hydrogen) atoms. The maximum Gasteiger partial charge on any atom is 0.220 e. The molecule has 1 fully saturated rings. The first-order valence-electron chi connectivity index (χ1n) is 8.32. The van der Waals surface area contributed by atoms with E-state index in [0.29, 0.717) is 19.5 Å². The highest BCUT2D eigenvalue weighted by molar-refractivity contribution is 5.75. The summed E-state index contributed by atoms with van der Waals surface area (Å²) in [6.45, 7) is 1.31. The van der Waals surface area contributed by atoms with Crippen LogP contribution >= 0.6 is 0 Å². The minimum atomic E-state index is 0.187. The second-order valence-corrected chi connectivity index (χ2v) is 6.17. The molecule has 1 saturated carbocycles. The molecular weight excluding hydrogens is 260 g/mol. The molecule has 3 N–H and O–H groups in total. The average molecular weight is 288 g/mol. The fourth-order valence-corrected chi connectivity index (χ4v) is 3.09. The van der Waals surface area contributed by atoms with Gasteiger partial charge in [-0.1, -0.05) is 56.4 Å². The number of amides is 1. The lowest BCUT2D eigenvalue weighted by Crippen LogP contribution is -2.23. The number of carbonyl (C=O) groups is 1. The van der Waals surface area contributed by atoms with Crippen molar-refractivity contribution in [2.24, 2.45) is 11.7 Å². The fourth-order valence-electron chi connectivity index (χ4n) is 3.09. The Morgan fingerprint density at radius 2 is 1.76 bits per heavy atom. The van der Waals surface area contributed by atoms with E-state index in [0.717, 1.165) is 24.3 Å². The van der Waals surface area contributed by atoms with Crippen LogP contribution in [-0.2, 0) is 17.8 Å². The van der Waals surface area contributed by atoms with Gasteiger partial charge in [0.25, 0.3) is 0 Å². The lowest BCUT2D eigenvalue weighted by Gasteiger charge is -2.21. The molecule has 3 nitrogen and oxygen atoms in total. The second kappa shape index (κ2) is 8.83. The van der Waals surface area contributed by atoms with E-state index in [9.17, 15) is 4.79 Å². The fraction of sp³-hybridized carbons (Fsp3) is 0.611. The number of nitrogens with one attached hydrogen (secondary N) is 1. The van der Waals surface area contributed by atoms with Crippen LogP contribution in [0.1, 0.15) is 56.1 Å². The standard InChI is InChI=1S/C18H28N2O/c19-13-12-16-6-8-17(9-7-16)14-20-18(21)11-10-15-4-2-1-3-5-15/h6-9,15H,1-5,10-14,19H2,(H,20,21). The van der Waals surface area contributed by atoms with Crippen molar-refractivity contribution in [3.8, 4) is 0 Å². The summed E-state index contributed by atoms with van der Waals surface area (Å²) in [5.74, 6) is 0.964. The SMILES string of the molecule is NCCc1ccc(CNC(=O)CCC2CCCCC2)cc1. The summed E-state index contributed by atoms with van der Waals surface area (Å²) in [6.07, 6.45) is 9.35. The van der Waals surface area contributed by atoms with Crippen molar-refractivity contribution in [1.29, 1.82) is 0 Å². The van der Waals surface area contributed by atoms with E-state index in [1.165, 1.54) is 37.7 Å². The van der Waals surface area contributed by atoms with Gasteiger partial charge in [-0.05, 0) is 36.4 Å². The highest BCUT2D eigenvalue weighted by Crippen LogP contribution is 2.27. The van der Waals surface area contributed by atoms with E-state index >= 15 is 0 Å². The first-order valence-corrected chi connectivity index (χ1v) is 8.32. The number of hydrogen-bond acceptors (Lipinski definition) is 2. The molecule has 0 unspecified atom stereocenters. The zero-order valence-electron chi connectivity index (χ0n) is 12.9. The minimum absolute atomic E-state index is 0.187. The minimum Gasteiger partial charge on any atom is -0.352 e. The van der Waals surface area contributed by atoms with E-state index in [1.54, 1.807) is 0 Å². The first-order chi connectivity index (χ1) is 10.3. The molecule has 116 valence electrons. The van der Waals surface area contributed by atoms with Crippen LogP contribution in [-0.4, -0.2) is 12.5 Å². The van der Waals surface area contributed by atoms with Crippen molar-refractivity contribution >= 4 is 5.91 Å². The molecule has 0 radical (unpaired) electrons. The highest BCUT2D eigenvalue weighted by atomic mass is 16.1. The molecule has 1 aromatic rings. The Morgan fingerprint density at radius 1 is 1.10 bits per heavy atom. The van der Waals surface area contributed by atoms with Crippen LogP contribution in [0.4, 0.5) is 0 Å². The third kappa shape index (κ3) is 5.88. The molecule has 0 atom stereocenters. The van der Waals surface area contributed by atoms with Gasteiger partial charge in [-0.3, -0.25) is 4.79 Å². The Morgan fingerprint density at radius 3 is 2.43 bits per heavy atom. The third-order valence-corrected chi connectivity index (χ3v) is 4.45. The normalized spacial score (nSPS) is 15.9. The van der Waals surface area contributed by atoms with Crippen LogP contribution < -0.4 is 11.1 Å². The van der Waals surface area contributed by atoms with Gasteiger partial charge >= 0.3 is 0 Å². The molecule has 0 saturated heterocycles. The van der Waals surface area contributed by atoms with E-state index in [1.807, 2.05) is 0 Å². The van der Waals surface area contributed by atoms with Crippen molar-refractivity contribution < 1.29 is 4.79 Å². The van der Waals surface area contributed by atoms with Crippen LogP contribution in [0.2, 0.25) is 0 Å². The molecular formula is C18H28N2O. The number of carbonyl (C=O) groups excluding carboxylic acids is 1. The maximum absolute atomic E-state index is 11.9. The van der Waals surface area contributed by atoms with Gasteiger partial charge in [0, 0.05) is 13.0 Å². The van der Waals surface area contributed by atoms with Crippen molar-refractivity contribution in [2.75, 3.05) is 6.54 Å². The van der Waals surface area contributed by atoms with Crippen molar-refractivity contribution in [3.63, 3.8) is 0 Å². The lowest BCUT2D eigenvalue weighted by molar-refractivity contribution is -0.121. The summed E-state index contributed by atoms with van der Waals surface area (Å²) in [5.41, 5.74) is 7.94. The average Bonchev–Trinajstić information content (AvgIpc) is 2.53. The number of rotatable bonds is 7. The van der Waals surface area contributed by atoms with Gasteiger partial charge in [-0.25, -0.2) is 0 Å². The molecule has 0 spiro atoms. The summed E-state index contributed by atoms with van der Waals surface area (Å²) >= 11 is 0. The van der Waals surface area contributed by atoms with E-state index in [4.69, 9.17) is 5.73 Å². The van der Waals surface area contributed by atoms with Crippen molar-refractivity contribution in [2.45, 2.75) is 57.9 Å². The summed E-state index contributed by atoms with van der Waals surface area (Å²) in [4.78, 5) is 11.9. The largest absolute Gasteiger partial charge is 0.352 e. The predicted molar refractivity (Wildman–Crippen MR) is 86.9 cm³/mol. The summed E-state index contributed by atoms with van der Waals surface area (Å²) in [7, 11) is 0. The Balaban J connectivity index is 1.65. The Kier molecular flexibility index (Phi) is 6.74. The topological polar surface area (TPSA) is 55.1 Å². The number of hydrogen-bond donors (Lipinski definition) is 2. The molecule has 1 aromatic carbocycles. The van der Waals surface area contributed by atoms with E-state index in [2.05, 4.69) is 29.6 Å². The van der Waals surface area contributed by atoms with Gasteiger partial charge < -0.3 is 11.1 Å². The highest BCUT2D eigenvalue weighted by Gasteiger charge is 2.14. The lowest BCUT2D eigenvalue weighted by atomic mass is 9.86. The van der Waals surface area contributed by atoms with Crippen molar-refractivity contribution in [3.05, 3.63) is 35.4 Å². The molecule has 1 amide bonds. The molecule has 2 rings (SSSR count). The van der Waals surface area contributed by atoms with Gasteiger partial charge in [0.2, 0.25) is 5.91 Å². The van der Waals surface area contributed by atoms with Crippen LogP contribution in [0, 0.1) is 5.92 Å². The van der Waals surface area contributed by atoms with Crippen LogP contribution in [0.5, 0.6) is 0 Å². The maximum atomic E-state index is 11.9. The predicted octanol–water partition coefficient (Wildman–Crippen LogP) is 3.16. The van der Waals surface area contributed by atoms with Gasteiger partial charge in [-0.2, -0.15) is 0 Å². The monoisotopic (exact) mass is 288 g/mol. The molecule has 1 aliphatic carbocycles. The Labute approximate surface area is 128 Å². The number of benzene rings is 1. The molecule has 0 heterocycles. The molecule has 0 bridgehead atoms. The van der Waals surface area contributed by atoms with Gasteiger partial charge in [0.05, 0.1) is 0 Å². The molecule has 1 aliphatic rings. The smallest absolute Gasteiger partial charge is 0.220 e. The van der Waals surface area contributed by atoms with E-state index < -0.39 is 0 Å². The Hall–Kier alpha value is -1.35. The first kappa shape index (κ1) is 16.0. The van der Waals surface area contributed by atoms with Crippen LogP contribution in [0.25, 0.3) is 0 Å². The van der Waals surface area contributed by atoms with Crippen LogP contribution in [0.3, 0.4) is 0 Å². The van der Waals surface area contributed by atoms with E-state index in [-0.39, 0.29) is 5.91 Å². The molecule has 0 aliphatic heterocycles. The summed E-state index contributed by atoms with van der Waals surface area (Å²) < 4.78 is 0. The second-order valence-electron chi connectivity index (χ2n) is 6.17. The van der Waals surface area contributed by atoms with Crippen molar-refractivity contribution in [1.82, 2.24) is 5.32 Å². The number of nitrogens with two attached hydrogens (primary N) is 1. The quantitative estimate of drug-likeness (QED) is 0.809. The van der Waals surface area contributed by atoms with Crippen LogP contribution in [0.15, 0.2) is 24.3 Å². The van der Waals surface area contributed by atoms with Gasteiger partial charge in [0.15, 0.2) is 0 Å². The molecule has 3 heteroatoms. The molecule has 0 aromatic heterocycles. The van der Waals surface area contributed by atoms with Gasteiger partial charge in [-0.15, -0.1) is 0 Å². The zero-order chi connectivity index (χ0) is 14.9. The zero-order valence-corrected chi connectivity index (χ0v) is 12.9.